The third-order valence-electron chi connectivity index (χ3n) is 1.80. The Hall–Kier alpha value is -0.0800. The maximum Gasteiger partial charge on any atom is 0.0192 e. The number of halogens is 2. The highest BCUT2D eigenvalue weighted by Gasteiger charge is 1.94. The van der Waals surface area contributed by atoms with Gasteiger partial charge in [0.05, 0.1) is 0 Å². The van der Waals surface area contributed by atoms with Gasteiger partial charge in [0.2, 0.25) is 0 Å². The first-order valence-corrected chi connectivity index (χ1v) is 6.29. The van der Waals surface area contributed by atoms with Crippen LogP contribution in [0.4, 0.5) is 0 Å². The summed E-state index contributed by atoms with van der Waals surface area (Å²) in [7, 11) is 0. The second-order valence-corrected chi connectivity index (χ2v) is 5.57. The summed E-state index contributed by atoms with van der Waals surface area (Å²) in [4.78, 5) is 0. The molecule has 0 radical (unpaired) electrons. The van der Waals surface area contributed by atoms with Crippen molar-refractivity contribution in [2.24, 2.45) is 5.92 Å². The van der Waals surface area contributed by atoms with E-state index in [1.165, 1.54) is 5.56 Å². The molecule has 0 saturated heterocycles. The Morgan fingerprint density at radius 3 is 2.21 bits per heavy atom. The molecule has 14 heavy (non-hydrogen) atoms. The molecule has 0 aromatic heterocycles. The Kier molecular flexibility index (Phi) is 4.90. The summed E-state index contributed by atoms with van der Waals surface area (Å²) in [5.74, 6) is 0.724. The van der Waals surface area contributed by atoms with E-state index in [2.05, 4.69) is 70.0 Å². The van der Waals surface area contributed by atoms with E-state index in [1.54, 1.807) is 0 Å². The molecule has 0 heterocycles. The van der Waals surface area contributed by atoms with Gasteiger partial charge in [0.1, 0.15) is 0 Å². The van der Waals surface area contributed by atoms with Crippen LogP contribution in [0.1, 0.15) is 25.8 Å². The number of allylic oxidation sites excluding steroid dienone is 1. The lowest BCUT2D eigenvalue weighted by molar-refractivity contribution is 0.665. The molecule has 0 fully saturated rings. The highest BCUT2D eigenvalue weighted by Crippen LogP contribution is 2.21. The van der Waals surface area contributed by atoms with Crippen LogP contribution in [-0.2, 0) is 0 Å². The van der Waals surface area contributed by atoms with Gasteiger partial charge >= 0.3 is 0 Å². The predicted octanol–water partition coefficient (Wildman–Crippen LogP) is 5.27. The second-order valence-electron chi connectivity index (χ2n) is 3.73. The number of hydrogen-bond acceptors (Lipinski definition) is 0. The van der Waals surface area contributed by atoms with Crippen molar-refractivity contribution in [3.05, 3.63) is 38.8 Å². The van der Waals surface area contributed by atoms with Gasteiger partial charge in [-0.2, -0.15) is 0 Å². The summed E-state index contributed by atoms with van der Waals surface area (Å²) < 4.78 is 2.21. The summed E-state index contributed by atoms with van der Waals surface area (Å²) in [5.41, 5.74) is 1.23. The van der Waals surface area contributed by atoms with Crippen molar-refractivity contribution >= 4 is 37.9 Å². The van der Waals surface area contributed by atoms with Crippen LogP contribution < -0.4 is 0 Å². The normalized spacial score (nSPS) is 11.5. The molecule has 0 amide bonds. The van der Waals surface area contributed by atoms with Crippen LogP contribution in [0.3, 0.4) is 0 Å². The Bertz CT molecular complexity index is 307. The molecule has 1 aromatic carbocycles. The molecule has 0 atom stereocenters. The van der Waals surface area contributed by atoms with Crippen LogP contribution in [0.25, 0.3) is 6.08 Å². The fraction of sp³-hybridized carbons (Fsp3) is 0.333. The van der Waals surface area contributed by atoms with Crippen LogP contribution in [0.2, 0.25) is 0 Å². The fourth-order valence-electron chi connectivity index (χ4n) is 1.15. The average molecular weight is 318 g/mol. The van der Waals surface area contributed by atoms with E-state index in [0.717, 1.165) is 21.3 Å². The summed E-state index contributed by atoms with van der Waals surface area (Å²) in [6.07, 6.45) is 5.51. The molecule has 0 aliphatic heterocycles. The van der Waals surface area contributed by atoms with E-state index in [0.29, 0.717) is 0 Å². The van der Waals surface area contributed by atoms with Crippen LogP contribution >= 0.6 is 31.9 Å². The van der Waals surface area contributed by atoms with Crippen molar-refractivity contribution in [2.45, 2.75) is 20.3 Å². The highest BCUT2D eigenvalue weighted by atomic mass is 79.9. The Balaban J connectivity index is 2.71. The van der Waals surface area contributed by atoms with E-state index >= 15 is 0 Å². The van der Waals surface area contributed by atoms with E-state index in [4.69, 9.17) is 0 Å². The molecule has 0 N–H and O–H groups in total. The Labute approximate surface area is 103 Å². The van der Waals surface area contributed by atoms with Gasteiger partial charge in [-0.1, -0.05) is 57.9 Å². The molecule has 0 bridgehead atoms. The van der Waals surface area contributed by atoms with Crippen molar-refractivity contribution < 1.29 is 0 Å². The number of benzene rings is 1. The minimum atomic E-state index is 0.724. The lowest BCUT2D eigenvalue weighted by Crippen LogP contribution is -1.81. The molecule has 0 nitrogen and oxygen atoms in total. The molecule has 0 aliphatic carbocycles. The zero-order valence-electron chi connectivity index (χ0n) is 8.43. The van der Waals surface area contributed by atoms with Crippen LogP contribution in [0, 0.1) is 5.92 Å². The standard InChI is InChI=1S/C12H14Br2/c1-9(2)4-3-5-10-6-11(13)8-12(14)7-10/h3,5-9H,4H2,1-2H3/b5-3-. The molecule has 0 spiro atoms. The maximum absolute atomic E-state index is 3.47. The van der Waals surface area contributed by atoms with E-state index in [9.17, 15) is 0 Å². The van der Waals surface area contributed by atoms with E-state index in [1.807, 2.05) is 6.07 Å². The topological polar surface area (TPSA) is 0 Å². The SMILES string of the molecule is CC(C)C/C=C\c1cc(Br)cc(Br)c1. The minimum absolute atomic E-state index is 0.724. The molecule has 2 heteroatoms. The second kappa shape index (κ2) is 5.72. The summed E-state index contributed by atoms with van der Waals surface area (Å²) in [6, 6.07) is 6.27. The molecule has 76 valence electrons. The average Bonchev–Trinajstić information content (AvgIpc) is 2.01. The number of rotatable bonds is 3. The molecular formula is C12H14Br2. The van der Waals surface area contributed by atoms with Crippen molar-refractivity contribution in [3.8, 4) is 0 Å². The first-order chi connectivity index (χ1) is 6.58. The lowest BCUT2D eigenvalue weighted by atomic mass is 10.1. The summed E-state index contributed by atoms with van der Waals surface area (Å²) in [5, 5.41) is 0. The van der Waals surface area contributed by atoms with Crippen LogP contribution in [-0.4, -0.2) is 0 Å². The molecule has 0 aliphatic rings. The van der Waals surface area contributed by atoms with Crippen molar-refractivity contribution in [3.63, 3.8) is 0 Å². The van der Waals surface area contributed by atoms with Gasteiger partial charge in [-0.25, -0.2) is 0 Å². The fourth-order valence-corrected chi connectivity index (χ4v) is 2.48. The molecular weight excluding hydrogens is 304 g/mol. The summed E-state index contributed by atoms with van der Waals surface area (Å²) >= 11 is 6.94. The van der Waals surface area contributed by atoms with Gasteiger partial charge < -0.3 is 0 Å². The lowest BCUT2D eigenvalue weighted by Gasteiger charge is -1.99. The summed E-state index contributed by atoms with van der Waals surface area (Å²) in [6.45, 7) is 4.45. The highest BCUT2D eigenvalue weighted by molar-refractivity contribution is 9.11. The molecule has 0 unspecified atom stereocenters. The first-order valence-electron chi connectivity index (χ1n) is 4.70. The van der Waals surface area contributed by atoms with Gasteiger partial charge in [0, 0.05) is 8.95 Å². The monoisotopic (exact) mass is 316 g/mol. The van der Waals surface area contributed by atoms with Gasteiger partial charge in [0.15, 0.2) is 0 Å². The largest absolute Gasteiger partial charge is 0.0837 e. The minimum Gasteiger partial charge on any atom is -0.0837 e. The van der Waals surface area contributed by atoms with Gasteiger partial charge in [-0.15, -0.1) is 0 Å². The van der Waals surface area contributed by atoms with E-state index in [-0.39, 0.29) is 0 Å². The van der Waals surface area contributed by atoms with E-state index < -0.39 is 0 Å². The Morgan fingerprint density at radius 1 is 1.14 bits per heavy atom. The quantitative estimate of drug-likeness (QED) is 0.712. The zero-order valence-corrected chi connectivity index (χ0v) is 11.6. The van der Waals surface area contributed by atoms with Gasteiger partial charge in [-0.3, -0.25) is 0 Å². The van der Waals surface area contributed by atoms with Crippen molar-refractivity contribution in [2.75, 3.05) is 0 Å². The molecule has 1 aromatic rings. The van der Waals surface area contributed by atoms with Gasteiger partial charge in [0.25, 0.3) is 0 Å². The van der Waals surface area contributed by atoms with Crippen molar-refractivity contribution in [1.82, 2.24) is 0 Å². The van der Waals surface area contributed by atoms with Crippen LogP contribution in [0.15, 0.2) is 33.2 Å². The third-order valence-corrected chi connectivity index (χ3v) is 2.72. The Morgan fingerprint density at radius 2 is 1.71 bits per heavy atom. The first kappa shape index (κ1) is 12.0. The number of hydrogen-bond donors (Lipinski definition) is 0. The van der Waals surface area contributed by atoms with Gasteiger partial charge in [-0.05, 0) is 36.1 Å². The van der Waals surface area contributed by atoms with Crippen LogP contribution in [0.5, 0.6) is 0 Å². The molecule has 0 saturated carbocycles. The smallest absolute Gasteiger partial charge is 0.0192 e. The molecule has 1 rings (SSSR count). The third kappa shape index (κ3) is 4.43. The van der Waals surface area contributed by atoms with Crippen molar-refractivity contribution in [1.29, 1.82) is 0 Å². The predicted molar refractivity (Wildman–Crippen MR) is 70.3 cm³/mol. The zero-order chi connectivity index (χ0) is 10.6. The maximum atomic E-state index is 3.47.